The Bertz CT molecular complexity index is 1770. The van der Waals surface area contributed by atoms with Crippen LogP contribution in [0.3, 0.4) is 0 Å². The van der Waals surface area contributed by atoms with Gasteiger partial charge >= 0.3 is 6.36 Å². The molecule has 240 valence electrons. The molecule has 5 rings (SSSR count). The number of aryl methyl sites for hydroxylation is 1. The normalized spacial score (nSPS) is 15.3. The minimum Gasteiger partial charge on any atom is -0.406 e. The third kappa shape index (κ3) is 7.59. The number of carbonyl (C=O) groups is 1. The van der Waals surface area contributed by atoms with Gasteiger partial charge in [-0.25, -0.2) is 9.67 Å². The average molecular weight is 667 g/mol. The second-order valence-corrected chi connectivity index (χ2v) is 12.8. The molecule has 1 saturated heterocycles. The Hall–Kier alpha value is -4.23. The van der Waals surface area contributed by atoms with Gasteiger partial charge in [0.1, 0.15) is 12.1 Å². The number of hydrogen-bond donors (Lipinski definition) is 1. The van der Waals surface area contributed by atoms with Gasteiger partial charge in [0.2, 0.25) is 5.91 Å². The zero-order valence-corrected chi connectivity index (χ0v) is 27.6. The van der Waals surface area contributed by atoms with Gasteiger partial charge in [-0.05, 0) is 92.4 Å². The Kier molecular flexibility index (Phi) is 9.54. The number of anilines is 1. The van der Waals surface area contributed by atoms with Crippen LogP contribution in [0.15, 0.2) is 78.0 Å². The van der Waals surface area contributed by atoms with Crippen molar-refractivity contribution in [3.05, 3.63) is 89.7 Å². The number of amides is 1. The van der Waals surface area contributed by atoms with Crippen LogP contribution >= 0.6 is 24.0 Å². The van der Waals surface area contributed by atoms with Crippen LogP contribution in [0.5, 0.6) is 5.75 Å². The van der Waals surface area contributed by atoms with E-state index >= 15 is 0 Å². The highest BCUT2D eigenvalue weighted by Crippen LogP contribution is 2.35. The summed E-state index contributed by atoms with van der Waals surface area (Å²) in [6, 6.07) is 19.2. The molecule has 1 fully saturated rings. The number of benzene rings is 3. The lowest BCUT2D eigenvalue weighted by molar-refractivity contribution is -0.274. The number of hydrogen-bond acceptors (Lipinski definition) is 6. The minimum absolute atomic E-state index is 0.0277. The second-order valence-electron chi connectivity index (χ2n) is 11.5. The van der Waals surface area contributed by atoms with Gasteiger partial charge in [-0.15, -0.1) is 18.3 Å². The first kappa shape index (κ1) is 33.1. The van der Waals surface area contributed by atoms with Gasteiger partial charge in [0.25, 0.3) is 0 Å². The van der Waals surface area contributed by atoms with E-state index < -0.39 is 11.9 Å². The van der Waals surface area contributed by atoms with Crippen molar-refractivity contribution < 1.29 is 22.7 Å². The third-order valence-corrected chi connectivity index (χ3v) is 8.76. The van der Waals surface area contributed by atoms with E-state index in [2.05, 4.69) is 51.1 Å². The molecule has 0 bridgehead atoms. The molecule has 4 aromatic rings. The van der Waals surface area contributed by atoms with Gasteiger partial charge in [0, 0.05) is 5.56 Å². The number of rotatable bonds is 8. The smallest absolute Gasteiger partial charge is 0.406 e. The summed E-state index contributed by atoms with van der Waals surface area (Å²) in [4.78, 5) is 23.8. The van der Waals surface area contributed by atoms with E-state index in [0.717, 1.165) is 34.4 Å². The number of carbonyl (C=O) groups excluding carboxylic acids is 1. The van der Waals surface area contributed by atoms with Gasteiger partial charge in [0.15, 0.2) is 16.1 Å². The highest BCUT2D eigenvalue weighted by molar-refractivity contribution is 8.15. The number of amidine groups is 1. The summed E-state index contributed by atoms with van der Waals surface area (Å²) < 4.78 is 42.8. The molecule has 1 aromatic heterocycles. The van der Waals surface area contributed by atoms with Crippen LogP contribution in [0.2, 0.25) is 0 Å². The molecular weight excluding hydrogens is 634 g/mol. The molecule has 8 nitrogen and oxygen atoms in total. The van der Waals surface area contributed by atoms with E-state index in [1.807, 2.05) is 51.1 Å². The minimum atomic E-state index is -4.76. The van der Waals surface area contributed by atoms with Crippen molar-refractivity contribution in [2.45, 2.75) is 58.9 Å². The van der Waals surface area contributed by atoms with E-state index in [4.69, 9.17) is 12.2 Å². The number of aliphatic imine (C=N–C) groups is 1. The Labute approximate surface area is 275 Å². The first-order chi connectivity index (χ1) is 21.7. The highest BCUT2D eigenvalue weighted by atomic mass is 32.2. The van der Waals surface area contributed by atoms with Crippen molar-refractivity contribution in [2.75, 3.05) is 10.7 Å². The third-order valence-electron chi connectivity index (χ3n) is 7.64. The Morgan fingerprint density at radius 1 is 1.11 bits per heavy atom. The monoisotopic (exact) mass is 666 g/mol. The fraction of sp³-hybridized carbons (Fsp3) is 0.303. The average Bonchev–Trinajstić information content (AvgIpc) is 3.63. The molecule has 46 heavy (non-hydrogen) atoms. The van der Waals surface area contributed by atoms with E-state index in [-0.39, 0.29) is 22.7 Å². The maximum absolute atomic E-state index is 13.0. The maximum atomic E-state index is 13.0. The van der Waals surface area contributed by atoms with E-state index in [1.54, 1.807) is 4.90 Å². The van der Waals surface area contributed by atoms with Crippen molar-refractivity contribution in [1.29, 1.82) is 0 Å². The molecule has 1 atom stereocenters. The number of ether oxygens (including phenoxy) is 1. The van der Waals surface area contributed by atoms with Crippen LogP contribution in [-0.4, -0.2) is 43.1 Å². The molecule has 1 amide bonds. The first-order valence-corrected chi connectivity index (χ1v) is 16.0. The molecule has 3 aromatic carbocycles. The van der Waals surface area contributed by atoms with Crippen LogP contribution in [0.25, 0.3) is 17.1 Å². The standard InChI is InChI=1S/C33H33F3N6O2S2/c1-6-21(3)26-16-7-20(2)17-27(26)42-28(43)18-46-31(42)38-30(45)39-32(4,5)23-10-8-22(9-11-23)29-37-19-41(40-29)24-12-14-25(15-13-24)44-33(34,35)36/h7-17,19,21H,6,18H2,1-5H3,(H,39,45)/b38-31-. The number of aromatic nitrogens is 3. The zero-order valence-electron chi connectivity index (χ0n) is 25.9. The molecular formula is C33H33F3N6O2S2. The van der Waals surface area contributed by atoms with Crippen molar-refractivity contribution in [3.63, 3.8) is 0 Å². The molecule has 1 unspecified atom stereocenters. The number of nitrogens with one attached hydrogen (secondary N) is 1. The molecule has 0 spiro atoms. The Morgan fingerprint density at radius 2 is 1.80 bits per heavy atom. The predicted octanol–water partition coefficient (Wildman–Crippen LogP) is 7.90. The summed E-state index contributed by atoms with van der Waals surface area (Å²) in [7, 11) is 0. The molecule has 1 aliphatic rings. The van der Waals surface area contributed by atoms with E-state index in [0.29, 0.717) is 22.4 Å². The molecule has 2 heterocycles. The predicted molar refractivity (Wildman–Crippen MR) is 180 cm³/mol. The van der Waals surface area contributed by atoms with E-state index in [1.165, 1.54) is 47.0 Å². The van der Waals surface area contributed by atoms with Gasteiger partial charge < -0.3 is 10.1 Å². The largest absolute Gasteiger partial charge is 0.573 e. The summed E-state index contributed by atoms with van der Waals surface area (Å²) >= 11 is 7.03. The molecule has 13 heteroatoms. The topological polar surface area (TPSA) is 84.6 Å². The summed E-state index contributed by atoms with van der Waals surface area (Å²) in [5, 5.41) is 8.61. The Balaban J connectivity index is 1.29. The fourth-order valence-electron chi connectivity index (χ4n) is 4.98. The van der Waals surface area contributed by atoms with Crippen molar-refractivity contribution >= 4 is 45.9 Å². The molecule has 0 aliphatic carbocycles. The second kappa shape index (κ2) is 13.2. The van der Waals surface area contributed by atoms with Crippen molar-refractivity contribution in [3.8, 4) is 22.8 Å². The molecule has 0 saturated carbocycles. The summed E-state index contributed by atoms with van der Waals surface area (Å²) in [6.45, 7) is 10.3. The zero-order chi connectivity index (χ0) is 33.2. The SMILES string of the molecule is CCC(C)c1ccc(C)cc1N1C(=O)CS/C1=N\C(=S)NC(C)(C)c1ccc(-c2ncn(-c3ccc(OC(F)(F)F)cc3)n2)cc1. The van der Waals surface area contributed by atoms with Gasteiger partial charge in [-0.2, -0.15) is 4.99 Å². The number of thiocarbonyl (C=S) groups is 1. The van der Waals surface area contributed by atoms with Crippen molar-refractivity contribution in [2.24, 2.45) is 4.99 Å². The lowest BCUT2D eigenvalue weighted by atomic mass is 9.93. The lowest BCUT2D eigenvalue weighted by Crippen LogP contribution is -2.40. The van der Waals surface area contributed by atoms with Crippen LogP contribution in [0.4, 0.5) is 18.9 Å². The summed E-state index contributed by atoms with van der Waals surface area (Å²) in [6.07, 6.45) is -2.32. The highest BCUT2D eigenvalue weighted by Gasteiger charge is 2.33. The molecule has 0 radical (unpaired) electrons. The number of halogens is 3. The van der Waals surface area contributed by atoms with Crippen LogP contribution < -0.4 is 15.0 Å². The van der Waals surface area contributed by atoms with Crippen molar-refractivity contribution in [1.82, 2.24) is 20.1 Å². The fourth-order valence-corrected chi connectivity index (χ4v) is 6.24. The lowest BCUT2D eigenvalue weighted by Gasteiger charge is -2.28. The van der Waals surface area contributed by atoms with Gasteiger partial charge in [-0.1, -0.05) is 62.0 Å². The maximum Gasteiger partial charge on any atom is 0.573 e. The molecule has 1 aliphatic heterocycles. The van der Waals surface area contributed by atoms with Crippen LogP contribution in [-0.2, 0) is 10.3 Å². The summed E-state index contributed by atoms with van der Waals surface area (Å²) in [5.41, 5.74) is 4.63. The van der Waals surface area contributed by atoms with Crippen LogP contribution in [0, 0.1) is 6.92 Å². The quantitative estimate of drug-likeness (QED) is 0.192. The van der Waals surface area contributed by atoms with Crippen LogP contribution in [0.1, 0.15) is 56.7 Å². The van der Waals surface area contributed by atoms with E-state index in [9.17, 15) is 18.0 Å². The first-order valence-electron chi connectivity index (χ1n) is 14.6. The Morgan fingerprint density at radius 3 is 2.46 bits per heavy atom. The van der Waals surface area contributed by atoms with Gasteiger partial charge in [-0.3, -0.25) is 9.69 Å². The van der Waals surface area contributed by atoms with Gasteiger partial charge in [0.05, 0.1) is 22.7 Å². The molecule has 1 N–H and O–H groups in total. The number of nitrogens with zero attached hydrogens (tertiary/aromatic N) is 5. The summed E-state index contributed by atoms with van der Waals surface area (Å²) in [5.74, 6) is 0.677. The number of thioether (sulfide) groups is 1. The number of alkyl halides is 3.